The van der Waals surface area contributed by atoms with E-state index in [9.17, 15) is 4.79 Å². The highest BCUT2D eigenvalue weighted by Crippen LogP contribution is 2.28. The molecule has 154 valence electrons. The molecule has 1 aromatic heterocycles. The summed E-state index contributed by atoms with van der Waals surface area (Å²) in [5.41, 5.74) is 3.35. The molecule has 2 saturated heterocycles. The molecule has 0 radical (unpaired) electrons. The van der Waals surface area contributed by atoms with Crippen molar-refractivity contribution in [3.05, 3.63) is 54.4 Å². The number of carbonyl (C=O) groups is 1. The molecule has 29 heavy (non-hydrogen) atoms. The van der Waals surface area contributed by atoms with Crippen LogP contribution in [-0.4, -0.2) is 60.1 Å². The van der Waals surface area contributed by atoms with E-state index in [1.807, 2.05) is 29.4 Å². The van der Waals surface area contributed by atoms with E-state index in [0.29, 0.717) is 0 Å². The molecule has 6 heteroatoms. The van der Waals surface area contributed by atoms with Gasteiger partial charge in [0.15, 0.2) is 0 Å². The van der Waals surface area contributed by atoms with Crippen molar-refractivity contribution < 1.29 is 4.79 Å². The van der Waals surface area contributed by atoms with Gasteiger partial charge in [0.25, 0.3) is 0 Å². The maximum Gasteiger partial charge on any atom is 0.321 e. The van der Waals surface area contributed by atoms with Gasteiger partial charge in [-0.3, -0.25) is 9.88 Å². The van der Waals surface area contributed by atoms with Crippen LogP contribution in [0.15, 0.2) is 48.8 Å². The Balaban J connectivity index is 1.33. The molecular formula is C23H31N5O. The number of para-hydroxylation sites is 2. The maximum absolute atomic E-state index is 12.9. The van der Waals surface area contributed by atoms with Gasteiger partial charge in [-0.25, -0.2) is 4.79 Å². The van der Waals surface area contributed by atoms with Gasteiger partial charge in [0, 0.05) is 58.2 Å². The van der Waals surface area contributed by atoms with Crippen LogP contribution in [0.4, 0.5) is 16.2 Å². The predicted octanol–water partition coefficient (Wildman–Crippen LogP) is 3.81. The Hall–Kier alpha value is -2.60. The second-order valence-electron chi connectivity index (χ2n) is 7.97. The largest absolute Gasteiger partial charge is 0.370 e. The third kappa shape index (κ3) is 5.26. The Labute approximate surface area is 173 Å². The average molecular weight is 394 g/mol. The zero-order chi connectivity index (χ0) is 19.9. The summed E-state index contributed by atoms with van der Waals surface area (Å²) in [6, 6.07) is 12.3. The van der Waals surface area contributed by atoms with Gasteiger partial charge >= 0.3 is 6.03 Å². The fraction of sp³-hybridized carbons (Fsp3) is 0.478. The second-order valence-corrected chi connectivity index (χ2v) is 7.97. The molecule has 2 aliphatic heterocycles. The number of piperazine rings is 1. The first-order valence-electron chi connectivity index (χ1n) is 10.8. The molecule has 1 aromatic carbocycles. The monoisotopic (exact) mass is 393 g/mol. The topological polar surface area (TPSA) is 51.7 Å². The van der Waals surface area contributed by atoms with Crippen molar-refractivity contribution >= 4 is 17.4 Å². The minimum Gasteiger partial charge on any atom is -0.370 e. The van der Waals surface area contributed by atoms with Gasteiger partial charge in [-0.15, -0.1) is 0 Å². The molecule has 0 atom stereocenters. The fourth-order valence-electron chi connectivity index (χ4n) is 4.22. The van der Waals surface area contributed by atoms with E-state index in [0.717, 1.165) is 57.2 Å². The standard InChI is InChI=1S/C23H31N5O/c29-23(28-17-15-26(16-18-28)19-20-9-11-24-12-10-20)25-21-7-3-4-8-22(21)27-13-5-1-2-6-14-27/h3-4,7-12H,1-2,5-6,13-19H2,(H,25,29). The predicted molar refractivity (Wildman–Crippen MR) is 117 cm³/mol. The maximum atomic E-state index is 12.9. The van der Waals surface area contributed by atoms with Crippen molar-refractivity contribution in [1.82, 2.24) is 14.8 Å². The van der Waals surface area contributed by atoms with Gasteiger partial charge in [-0.05, 0) is 42.7 Å². The zero-order valence-electron chi connectivity index (χ0n) is 17.1. The molecule has 0 unspecified atom stereocenters. The Kier molecular flexibility index (Phi) is 6.62. The van der Waals surface area contributed by atoms with Crippen LogP contribution in [0.5, 0.6) is 0 Å². The molecule has 0 aliphatic carbocycles. The number of anilines is 2. The number of hydrogen-bond acceptors (Lipinski definition) is 4. The molecule has 1 N–H and O–H groups in total. The van der Waals surface area contributed by atoms with Crippen molar-refractivity contribution in [2.24, 2.45) is 0 Å². The van der Waals surface area contributed by atoms with Crippen LogP contribution in [-0.2, 0) is 6.54 Å². The molecule has 6 nitrogen and oxygen atoms in total. The molecule has 0 saturated carbocycles. The number of benzene rings is 1. The van der Waals surface area contributed by atoms with Gasteiger partial charge in [0.05, 0.1) is 11.4 Å². The first-order chi connectivity index (χ1) is 14.3. The van der Waals surface area contributed by atoms with Crippen LogP contribution >= 0.6 is 0 Å². The third-order valence-electron chi connectivity index (χ3n) is 5.91. The summed E-state index contributed by atoms with van der Waals surface area (Å²) in [7, 11) is 0. The summed E-state index contributed by atoms with van der Waals surface area (Å²) >= 11 is 0. The minimum atomic E-state index is 0.0100. The number of amides is 2. The molecule has 2 amide bonds. The number of aromatic nitrogens is 1. The quantitative estimate of drug-likeness (QED) is 0.858. The summed E-state index contributed by atoms with van der Waals surface area (Å²) in [6.07, 6.45) is 8.72. The highest BCUT2D eigenvalue weighted by atomic mass is 16.2. The normalized spacial score (nSPS) is 18.3. The Morgan fingerprint density at radius 3 is 2.28 bits per heavy atom. The van der Waals surface area contributed by atoms with Gasteiger partial charge in [-0.1, -0.05) is 25.0 Å². The molecule has 0 bridgehead atoms. The Morgan fingerprint density at radius 1 is 0.862 bits per heavy atom. The molecule has 2 aromatic rings. The van der Waals surface area contributed by atoms with Crippen molar-refractivity contribution in [2.45, 2.75) is 32.2 Å². The SMILES string of the molecule is O=C(Nc1ccccc1N1CCCCCC1)N1CCN(Cc2ccncc2)CC1. The molecule has 2 aliphatic rings. The number of pyridine rings is 1. The lowest BCUT2D eigenvalue weighted by Gasteiger charge is -2.35. The van der Waals surface area contributed by atoms with Crippen LogP contribution in [0.3, 0.4) is 0 Å². The van der Waals surface area contributed by atoms with Crippen LogP contribution in [0.1, 0.15) is 31.2 Å². The lowest BCUT2D eigenvalue weighted by Crippen LogP contribution is -2.49. The molecule has 4 rings (SSSR count). The van der Waals surface area contributed by atoms with Gasteiger partial charge in [-0.2, -0.15) is 0 Å². The fourth-order valence-corrected chi connectivity index (χ4v) is 4.22. The number of urea groups is 1. The van der Waals surface area contributed by atoms with Gasteiger partial charge in [0.2, 0.25) is 0 Å². The van der Waals surface area contributed by atoms with E-state index < -0.39 is 0 Å². The van der Waals surface area contributed by atoms with E-state index in [1.54, 1.807) is 0 Å². The van der Waals surface area contributed by atoms with Crippen molar-refractivity contribution in [1.29, 1.82) is 0 Å². The number of nitrogens with one attached hydrogen (secondary N) is 1. The van der Waals surface area contributed by atoms with Crippen molar-refractivity contribution in [2.75, 3.05) is 49.5 Å². The van der Waals surface area contributed by atoms with E-state index in [4.69, 9.17) is 0 Å². The smallest absolute Gasteiger partial charge is 0.321 e. The minimum absolute atomic E-state index is 0.0100. The van der Waals surface area contributed by atoms with E-state index in [-0.39, 0.29) is 6.03 Å². The third-order valence-corrected chi connectivity index (χ3v) is 5.91. The number of nitrogens with zero attached hydrogens (tertiary/aromatic N) is 4. The number of hydrogen-bond donors (Lipinski definition) is 1. The first kappa shape index (κ1) is 19.7. The molecule has 2 fully saturated rings. The summed E-state index contributed by atoms with van der Waals surface area (Å²) < 4.78 is 0. The van der Waals surface area contributed by atoms with Gasteiger partial charge < -0.3 is 15.1 Å². The van der Waals surface area contributed by atoms with Crippen LogP contribution in [0, 0.1) is 0 Å². The van der Waals surface area contributed by atoms with E-state index in [2.05, 4.69) is 44.4 Å². The summed E-state index contributed by atoms with van der Waals surface area (Å²) in [5.74, 6) is 0. The summed E-state index contributed by atoms with van der Waals surface area (Å²) in [5, 5.41) is 3.18. The Morgan fingerprint density at radius 2 is 1.55 bits per heavy atom. The number of rotatable bonds is 4. The van der Waals surface area contributed by atoms with Crippen molar-refractivity contribution in [3.63, 3.8) is 0 Å². The molecular weight excluding hydrogens is 362 g/mol. The van der Waals surface area contributed by atoms with Gasteiger partial charge in [0.1, 0.15) is 0 Å². The highest BCUT2D eigenvalue weighted by molar-refractivity contribution is 5.93. The lowest BCUT2D eigenvalue weighted by atomic mass is 10.2. The first-order valence-corrected chi connectivity index (χ1v) is 10.8. The van der Waals surface area contributed by atoms with E-state index in [1.165, 1.54) is 31.2 Å². The van der Waals surface area contributed by atoms with Crippen LogP contribution in [0.25, 0.3) is 0 Å². The summed E-state index contributed by atoms with van der Waals surface area (Å²) in [6.45, 7) is 6.34. The average Bonchev–Trinajstić information content (AvgIpc) is 3.05. The molecule has 3 heterocycles. The van der Waals surface area contributed by atoms with Crippen LogP contribution in [0.2, 0.25) is 0 Å². The second kappa shape index (κ2) is 9.74. The zero-order valence-corrected chi connectivity index (χ0v) is 17.1. The van der Waals surface area contributed by atoms with Crippen molar-refractivity contribution in [3.8, 4) is 0 Å². The molecule has 0 spiro atoms. The number of carbonyl (C=O) groups excluding carboxylic acids is 1. The lowest BCUT2D eigenvalue weighted by molar-refractivity contribution is 0.143. The van der Waals surface area contributed by atoms with E-state index >= 15 is 0 Å². The van der Waals surface area contributed by atoms with Crippen LogP contribution < -0.4 is 10.2 Å². The highest BCUT2D eigenvalue weighted by Gasteiger charge is 2.22. The summed E-state index contributed by atoms with van der Waals surface area (Å²) in [4.78, 5) is 23.7. The Bertz CT molecular complexity index is 781.